The van der Waals surface area contributed by atoms with Gasteiger partial charge in [0, 0.05) is 10.7 Å². The van der Waals surface area contributed by atoms with Gasteiger partial charge in [-0.1, -0.05) is 41.4 Å². The van der Waals surface area contributed by atoms with E-state index >= 15 is 0 Å². The molecule has 0 saturated carbocycles. The van der Waals surface area contributed by atoms with Gasteiger partial charge in [0.15, 0.2) is 0 Å². The van der Waals surface area contributed by atoms with E-state index in [0.717, 1.165) is 27.4 Å². The number of halogens is 1. The van der Waals surface area contributed by atoms with Crippen LogP contribution >= 0.6 is 11.6 Å². The average Bonchev–Trinajstić information content (AvgIpc) is 2.70. The number of rotatable bonds is 2. The minimum absolute atomic E-state index is 0.0867. The summed E-state index contributed by atoms with van der Waals surface area (Å²) < 4.78 is 0. The molecule has 0 spiro atoms. The Bertz CT molecular complexity index is 676. The third-order valence-electron chi connectivity index (χ3n) is 3.80. The summed E-state index contributed by atoms with van der Waals surface area (Å²) in [6.07, 6.45) is 0.707. The molecule has 0 aliphatic carbocycles. The molecular weight excluding hydrogens is 270 g/mol. The monoisotopic (exact) mass is 285 g/mol. The van der Waals surface area contributed by atoms with E-state index in [1.54, 1.807) is 0 Å². The maximum absolute atomic E-state index is 12.2. The van der Waals surface area contributed by atoms with E-state index < -0.39 is 0 Å². The predicted molar refractivity (Wildman–Crippen MR) is 82.4 cm³/mol. The first-order valence-electron chi connectivity index (χ1n) is 6.71. The van der Waals surface area contributed by atoms with Gasteiger partial charge in [-0.25, -0.2) is 0 Å². The van der Waals surface area contributed by atoms with Crippen LogP contribution in [0.3, 0.4) is 0 Å². The van der Waals surface area contributed by atoms with Gasteiger partial charge in [0.05, 0.1) is 5.92 Å². The van der Waals surface area contributed by atoms with Crippen LogP contribution in [0.25, 0.3) is 0 Å². The first-order valence-corrected chi connectivity index (χ1v) is 7.09. The summed E-state index contributed by atoms with van der Waals surface area (Å²) in [5, 5.41) is 3.73. The molecule has 2 nitrogen and oxygen atoms in total. The zero-order chi connectivity index (χ0) is 14.3. The summed E-state index contributed by atoms with van der Waals surface area (Å²) in [5.41, 5.74) is 5.55. The second-order valence-electron chi connectivity index (χ2n) is 5.42. The number of hydrogen-bond acceptors (Lipinski definition) is 1. The molecule has 0 radical (unpaired) electrons. The summed E-state index contributed by atoms with van der Waals surface area (Å²) in [7, 11) is 0. The Labute approximate surface area is 123 Å². The van der Waals surface area contributed by atoms with E-state index in [0.29, 0.717) is 6.42 Å². The summed E-state index contributed by atoms with van der Waals surface area (Å²) in [5.74, 6) is -0.0200. The molecule has 0 unspecified atom stereocenters. The van der Waals surface area contributed by atoms with E-state index in [1.165, 1.54) is 5.56 Å². The number of aryl methyl sites for hydroxylation is 2. The van der Waals surface area contributed by atoms with Crippen LogP contribution in [-0.2, 0) is 11.2 Å². The molecule has 0 aromatic heterocycles. The molecule has 1 heterocycles. The summed E-state index contributed by atoms with van der Waals surface area (Å²) >= 11 is 5.90. The van der Waals surface area contributed by atoms with Crippen molar-refractivity contribution in [3.63, 3.8) is 0 Å². The van der Waals surface area contributed by atoms with Gasteiger partial charge in [0.1, 0.15) is 0 Å². The maximum atomic E-state index is 12.2. The lowest BCUT2D eigenvalue weighted by molar-refractivity contribution is -0.117. The van der Waals surface area contributed by atoms with Crippen molar-refractivity contribution in [2.75, 3.05) is 5.32 Å². The normalized spacial score (nSPS) is 16.9. The third-order valence-corrected chi connectivity index (χ3v) is 4.06. The minimum Gasteiger partial charge on any atom is -0.325 e. The van der Waals surface area contributed by atoms with Crippen LogP contribution in [0.5, 0.6) is 0 Å². The van der Waals surface area contributed by atoms with Gasteiger partial charge in [-0.05, 0) is 49.1 Å². The fourth-order valence-electron chi connectivity index (χ4n) is 2.86. The molecule has 1 aliphatic rings. The number of benzene rings is 2. The van der Waals surface area contributed by atoms with E-state index in [-0.39, 0.29) is 11.8 Å². The molecule has 2 aromatic rings. The zero-order valence-electron chi connectivity index (χ0n) is 11.5. The van der Waals surface area contributed by atoms with E-state index in [1.807, 2.05) is 31.2 Å². The van der Waals surface area contributed by atoms with Gasteiger partial charge >= 0.3 is 0 Å². The SMILES string of the molecule is Cc1cc(C)c2c(c1)[C@H](Cc1ccc(Cl)cc1)C(=O)N2. The van der Waals surface area contributed by atoms with E-state index in [4.69, 9.17) is 11.6 Å². The Hall–Kier alpha value is -1.80. The van der Waals surface area contributed by atoms with Gasteiger partial charge < -0.3 is 5.32 Å². The molecule has 3 heteroatoms. The van der Waals surface area contributed by atoms with Crippen molar-refractivity contribution < 1.29 is 4.79 Å². The highest BCUT2D eigenvalue weighted by molar-refractivity contribution is 6.30. The molecule has 1 aliphatic heterocycles. The minimum atomic E-state index is -0.107. The standard InChI is InChI=1S/C17H16ClNO/c1-10-7-11(2)16-14(8-10)15(17(20)19-16)9-12-3-5-13(18)6-4-12/h3-8,15H,9H2,1-2H3,(H,19,20)/t15-/m0/s1. The lowest BCUT2D eigenvalue weighted by Gasteiger charge is -2.10. The number of carbonyl (C=O) groups is 1. The number of fused-ring (bicyclic) bond motifs is 1. The highest BCUT2D eigenvalue weighted by Crippen LogP contribution is 2.37. The predicted octanol–water partition coefficient (Wildman–Crippen LogP) is 4.24. The number of nitrogens with one attached hydrogen (secondary N) is 1. The largest absolute Gasteiger partial charge is 0.325 e. The van der Waals surface area contributed by atoms with Crippen molar-refractivity contribution in [1.82, 2.24) is 0 Å². The van der Waals surface area contributed by atoms with E-state index in [2.05, 4.69) is 24.4 Å². The highest BCUT2D eigenvalue weighted by Gasteiger charge is 2.31. The van der Waals surface area contributed by atoms with Gasteiger partial charge in [0.2, 0.25) is 5.91 Å². The van der Waals surface area contributed by atoms with Crippen molar-refractivity contribution >= 4 is 23.2 Å². The van der Waals surface area contributed by atoms with Crippen LogP contribution < -0.4 is 5.32 Å². The lowest BCUT2D eigenvalue weighted by Crippen LogP contribution is -2.14. The molecule has 0 bridgehead atoms. The van der Waals surface area contributed by atoms with E-state index in [9.17, 15) is 4.79 Å². The van der Waals surface area contributed by atoms with Crippen LogP contribution in [0.15, 0.2) is 36.4 Å². The molecule has 2 aromatic carbocycles. The first kappa shape index (κ1) is 13.2. The smallest absolute Gasteiger partial charge is 0.232 e. The van der Waals surface area contributed by atoms with Crippen LogP contribution in [0, 0.1) is 13.8 Å². The Morgan fingerprint density at radius 2 is 1.85 bits per heavy atom. The molecule has 1 amide bonds. The quantitative estimate of drug-likeness (QED) is 0.879. The van der Waals surface area contributed by atoms with Gasteiger partial charge in [-0.2, -0.15) is 0 Å². The highest BCUT2D eigenvalue weighted by atomic mass is 35.5. The van der Waals surface area contributed by atoms with Gasteiger partial charge in [0.25, 0.3) is 0 Å². The molecule has 102 valence electrons. The Morgan fingerprint density at radius 1 is 1.15 bits per heavy atom. The number of amides is 1. The van der Waals surface area contributed by atoms with Crippen LogP contribution in [-0.4, -0.2) is 5.91 Å². The lowest BCUT2D eigenvalue weighted by atomic mass is 9.91. The average molecular weight is 286 g/mol. The number of hydrogen-bond donors (Lipinski definition) is 1. The third kappa shape index (κ3) is 2.32. The van der Waals surface area contributed by atoms with Gasteiger partial charge in [-0.3, -0.25) is 4.79 Å². The fraction of sp³-hybridized carbons (Fsp3) is 0.235. The molecule has 0 saturated heterocycles. The molecular formula is C17H16ClNO. The molecule has 0 fully saturated rings. The second kappa shape index (κ2) is 4.95. The second-order valence-corrected chi connectivity index (χ2v) is 5.85. The summed E-state index contributed by atoms with van der Waals surface area (Å²) in [4.78, 5) is 12.2. The Balaban J connectivity index is 1.96. The van der Waals surface area contributed by atoms with Crippen LogP contribution in [0.4, 0.5) is 5.69 Å². The summed E-state index contributed by atoms with van der Waals surface area (Å²) in [6.45, 7) is 4.10. The van der Waals surface area contributed by atoms with Crippen molar-refractivity contribution in [3.8, 4) is 0 Å². The van der Waals surface area contributed by atoms with Crippen LogP contribution in [0.2, 0.25) is 5.02 Å². The molecule has 20 heavy (non-hydrogen) atoms. The van der Waals surface area contributed by atoms with Crippen molar-refractivity contribution in [3.05, 3.63) is 63.7 Å². The molecule has 1 atom stereocenters. The topological polar surface area (TPSA) is 29.1 Å². The Morgan fingerprint density at radius 3 is 2.55 bits per heavy atom. The van der Waals surface area contributed by atoms with Crippen molar-refractivity contribution in [2.24, 2.45) is 0 Å². The summed E-state index contributed by atoms with van der Waals surface area (Å²) in [6, 6.07) is 11.9. The maximum Gasteiger partial charge on any atom is 0.232 e. The fourth-order valence-corrected chi connectivity index (χ4v) is 2.98. The number of carbonyl (C=O) groups excluding carboxylic acids is 1. The van der Waals surface area contributed by atoms with Crippen LogP contribution in [0.1, 0.15) is 28.2 Å². The first-order chi connectivity index (χ1) is 9.54. The molecule has 1 N–H and O–H groups in total. The number of anilines is 1. The van der Waals surface area contributed by atoms with Gasteiger partial charge in [-0.15, -0.1) is 0 Å². The zero-order valence-corrected chi connectivity index (χ0v) is 12.3. The Kier molecular flexibility index (Phi) is 3.27. The molecule has 3 rings (SSSR count). The van der Waals surface area contributed by atoms with Crippen molar-refractivity contribution in [2.45, 2.75) is 26.2 Å². The van der Waals surface area contributed by atoms with Crippen molar-refractivity contribution in [1.29, 1.82) is 0 Å².